The third-order valence-electron chi connectivity index (χ3n) is 5.95. The first kappa shape index (κ1) is 18.1. The molecule has 0 aromatic heterocycles. The molecule has 3 aliphatic rings. The third-order valence-corrected chi connectivity index (χ3v) is 6.58. The summed E-state index contributed by atoms with van der Waals surface area (Å²) in [6.45, 7) is 4.93. The van der Waals surface area contributed by atoms with Crippen molar-refractivity contribution in [3.8, 4) is 0 Å². The fourth-order valence-electron chi connectivity index (χ4n) is 4.32. The zero-order valence-corrected chi connectivity index (χ0v) is 17.0. The number of halogens is 1. The predicted molar refractivity (Wildman–Crippen MR) is 105 cm³/mol. The summed E-state index contributed by atoms with van der Waals surface area (Å²) < 4.78 is 6.89. The van der Waals surface area contributed by atoms with Crippen LogP contribution in [0.15, 0.2) is 22.4 Å². The number of aryl methyl sites for hydroxylation is 2. The van der Waals surface area contributed by atoms with Crippen LogP contribution in [0.25, 0.3) is 5.57 Å². The molecule has 1 amide bonds. The van der Waals surface area contributed by atoms with Gasteiger partial charge in [-0.25, -0.2) is 0 Å². The molecule has 2 saturated carbocycles. The Bertz CT molecular complexity index is 784. The van der Waals surface area contributed by atoms with Gasteiger partial charge in [0.15, 0.2) is 0 Å². The number of rotatable bonds is 5. The molecule has 0 radical (unpaired) electrons. The first-order chi connectivity index (χ1) is 12.4. The van der Waals surface area contributed by atoms with Gasteiger partial charge in [0.05, 0.1) is 11.7 Å². The standard InChI is InChI=1S/C21H26BrNO3/c1-3-14-8-12(2)9-16(22)17(14)18-19(24)21(23-20(18)25)7-6-15(10-21)26-11-13-4-5-13/h8-9,13,15,24H,3-7,10-11H2,1-2H3,(H,23,25)/t15-,21+/m1/s1. The van der Waals surface area contributed by atoms with Gasteiger partial charge in [-0.05, 0) is 62.1 Å². The van der Waals surface area contributed by atoms with Gasteiger partial charge in [0, 0.05) is 23.1 Å². The van der Waals surface area contributed by atoms with E-state index >= 15 is 0 Å². The minimum Gasteiger partial charge on any atom is -0.509 e. The zero-order chi connectivity index (χ0) is 18.5. The summed E-state index contributed by atoms with van der Waals surface area (Å²) in [7, 11) is 0. The van der Waals surface area contributed by atoms with Gasteiger partial charge in [-0.1, -0.05) is 28.9 Å². The second kappa shape index (κ2) is 6.68. The van der Waals surface area contributed by atoms with Crippen molar-refractivity contribution in [1.29, 1.82) is 0 Å². The van der Waals surface area contributed by atoms with Crippen molar-refractivity contribution in [3.63, 3.8) is 0 Å². The highest BCUT2D eigenvalue weighted by Gasteiger charge is 2.51. The highest BCUT2D eigenvalue weighted by Crippen LogP contribution is 2.46. The first-order valence-electron chi connectivity index (χ1n) is 9.60. The normalized spacial score (nSPS) is 28.3. The Labute approximate surface area is 163 Å². The van der Waals surface area contributed by atoms with Crippen LogP contribution in [0.2, 0.25) is 0 Å². The van der Waals surface area contributed by atoms with Crippen LogP contribution in [-0.4, -0.2) is 29.3 Å². The Kier molecular flexibility index (Phi) is 4.64. The summed E-state index contributed by atoms with van der Waals surface area (Å²) in [5.74, 6) is 0.740. The topological polar surface area (TPSA) is 58.6 Å². The van der Waals surface area contributed by atoms with E-state index in [-0.39, 0.29) is 17.8 Å². The largest absolute Gasteiger partial charge is 0.509 e. The fourth-order valence-corrected chi connectivity index (χ4v) is 5.13. The van der Waals surface area contributed by atoms with Crippen LogP contribution in [0.1, 0.15) is 55.7 Å². The molecule has 0 saturated heterocycles. The van der Waals surface area contributed by atoms with Crippen molar-refractivity contribution in [3.05, 3.63) is 39.1 Å². The van der Waals surface area contributed by atoms with Crippen molar-refractivity contribution >= 4 is 27.4 Å². The number of amides is 1. The highest BCUT2D eigenvalue weighted by molar-refractivity contribution is 9.10. The van der Waals surface area contributed by atoms with Crippen LogP contribution in [0.5, 0.6) is 0 Å². The Morgan fingerprint density at radius 3 is 2.81 bits per heavy atom. The van der Waals surface area contributed by atoms with Gasteiger partial charge in [-0.15, -0.1) is 0 Å². The molecule has 2 N–H and O–H groups in total. The molecule has 1 heterocycles. The fraction of sp³-hybridized carbons (Fsp3) is 0.571. The van der Waals surface area contributed by atoms with E-state index in [1.165, 1.54) is 12.8 Å². The van der Waals surface area contributed by atoms with E-state index in [9.17, 15) is 9.90 Å². The third kappa shape index (κ3) is 3.09. The maximum atomic E-state index is 12.8. The zero-order valence-electron chi connectivity index (χ0n) is 15.4. The van der Waals surface area contributed by atoms with E-state index in [1.807, 2.05) is 13.0 Å². The molecule has 2 fully saturated rings. The van der Waals surface area contributed by atoms with Crippen molar-refractivity contribution in [2.24, 2.45) is 5.92 Å². The van der Waals surface area contributed by atoms with Gasteiger partial charge in [0.2, 0.25) is 0 Å². The summed E-state index contributed by atoms with van der Waals surface area (Å²) in [4.78, 5) is 12.8. The number of hydrogen-bond donors (Lipinski definition) is 2. The SMILES string of the molecule is CCc1cc(C)cc(Br)c1C1=C(O)[C@@]2(CC[C@@H](OCC3CC3)C2)NC1=O. The van der Waals surface area contributed by atoms with Crippen molar-refractivity contribution < 1.29 is 14.6 Å². The molecule has 4 rings (SSSR count). The number of hydrogen-bond acceptors (Lipinski definition) is 3. The second-order valence-electron chi connectivity index (χ2n) is 8.04. The molecule has 2 atom stereocenters. The minimum atomic E-state index is -0.657. The molecule has 1 aromatic carbocycles. The Hall–Kier alpha value is -1.33. The van der Waals surface area contributed by atoms with Gasteiger partial charge >= 0.3 is 0 Å². The van der Waals surface area contributed by atoms with Gasteiger partial charge in [-0.2, -0.15) is 0 Å². The second-order valence-corrected chi connectivity index (χ2v) is 8.89. The summed E-state index contributed by atoms with van der Waals surface area (Å²) in [5, 5.41) is 14.2. The lowest BCUT2D eigenvalue weighted by atomic mass is 9.91. The van der Waals surface area contributed by atoms with Crippen LogP contribution < -0.4 is 5.32 Å². The van der Waals surface area contributed by atoms with Crippen LogP contribution in [0.3, 0.4) is 0 Å². The number of ether oxygens (including phenoxy) is 1. The molecule has 1 aromatic rings. The van der Waals surface area contributed by atoms with Crippen LogP contribution >= 0.6 is 15.9 Å². The average Bonchev–Trinajstić information content (AvgIpc) is 3.29. The number of aliphatic hydroxyl groups excluding tert-OH is 1. The van der Waals surface area contributed by atoms with E-state index in [0.29, 0.717) is 12.0 Å². The lowest BCUT2D eigenvalue weighted by Gasteiger charge is -2.24. The minimum absolute atomic E-state index is 0.115. The van der Waals surface area contributed by atoms with Gasteiger partial charge in [0.25, 0.3) is 5.91 Å². The number of carbonyl (C=O) groups is 1. The first-order valence-corrected chi connectivity index (χ1v) is 10.4. The van der Waals surface area contributed by atoms with Gasteiger partial charge in [-0.3, -0.25) is 4.79 Å². The number of carbonyl (C=O) groups excluding carboxylic acids is 1. The number of nitrogens with one attached hydrogen (secondary N) is 1. The Morgan fingerprint density at radius 2 is 2.12 bits per heavy atom. The maximum absolute atomic E-state index is 12.8. The Balaban J connectivity index is 1.66. The molecular formula is C21H26BrNO3. The van der Waals surface area contributed by atoms with Crippen LogP contribution in [0, 0.1) is 12.8 Å². The van der Waals surface area contributed by atoms with Gasteiger partial charge in [0.1, 0.15) is 11.3 Å². The predicted octanol–water partition coefficient (Wildman–Crippen LogP) is 4.44. The maximum Gasteiger partial charge on any atom is 0.256 e. The van der Waals surface area contributed by atoms with E-state index in [4.69, 9.17) is 4.74 Å². The average molecular weight is 420 g/mol. The van der Waals surface area contributed by atoms with Gasteiger partial charge < -0.3 is 15.2 Å². The number of aliphatic hydroxyl groups is 1. The smallest absolute Gasteiger partial charge is 0.256 e. The Morgan fingerprint density at radius 1 is 1.35 bits per heavy atom. The highest BCUT2D eigenvalue weighted by atomic mass is 79.9. The molecule has 1 spiro atoms. The molecule has 0 bridgehead atoms. The van der Waals surface area contributed by atoms with E-state index in [1.54, 1.807) is 0 Å². The molecule has 1 aliphatic heterocycles. The van der Waals surface area contributed by atoms with E-state index in [0.717, 1.165) is 53.0 Å². The molecule has 140 valence electrons. The van der Waals surface area contributed by atoms with Crippen LogP contribution in [0.4, 0.5) is 0 Å². The van der Waals surface area contributed by atoms with Crippen molar-refractivity contribution in [2.75, 3.05) is 6.61 Å². The number of benzene rings is 1. The molecule has 4 nitrogen and oxygen atoms in total. The summed E-state index contributed by atoms with van der Waals surface area (Å²) in [6.07, 6.45) is 5.72. The summed E-state index contributed by atoms with van der Waals surface area (Å²) in [6, 6.07) is 4.10. The molecule has 5 heteroatoms. The lowest BCUT2D eigenvalue weighted by Crippen LogP contribution is -2.42. The van der Waals surface area contributed by atoms with E-state index < -0.39 is 5.54 Å². The molecular weight excluding hydrogens is 394 g/mol. The summed E-state index contributed by atoms with van der Waals surface area (Å²) in [5.41, 5.74) is 2.81. The molecule has 0 unspecified atom stereocenters. The van der Waals surface area contributed by atoms with Crippen molar-refractivity contribution in [2.45, 2.75) is 64.0 Å². The summed E-state index contributed by atoms with van der Waals surface area (Å²) >= 11 is 3.61. The molecule has 2 aliphatic carbocycles. The molecule has 26 heavy (non-hydrogen) atoms. The van der Waals surface area contributed by atoms with Crippen molar-refractivity contribution in [1.82, 2.24) is 5.32 Å². The van der Waals surface area contributed by atoms with Crippen LogP contribution in [-0.2, 0) is 16.0 Å². The lowest BCUT2D eigenvalue weighted by molar-refractivity contribution is -0.116. The van der Waals surface area contributed by atoms with E-state index in [2.05, 4.69) is 34.2 Å². The quantitative estimate of drug-likeness (QED) is 0.741. The monoisotopic (exact) mass is 419 g/mol.